The minimum atomic E-state index is -0.770. The fraction of sp³-hybridized carbons (Fsp3) is 0.429. The molecule has 0 aliphatic heterocycles. The van der Waals surface area contributed by atoms with Crippen molar-refractivity contribution in [3.63, 3.8) is 0 Å². The highest BCUT2D eigenvalue weighted by Crippen LogP contribution is 2.28. The molecule has 0 unspecified atom stereocenters. The number of alkyl carbamates (subject to hydrolysis) is 1. The van der Waals surface area contributed by atoms with Crippen molar-refractivity contribution in [3.8, 4) is 5.75 Å². The predicted octanol–water partition coefficient (Wildman–Crippen LogP) is 2.38. The quantitative estimate of drug-likeness (QED) is 0.844. The van der Waals surface area contributed by atoms with E-state index in [0.29, 0.717) is 0 Å². The van der Waals surface area contributed by atoms with Crippen molar-refractivity contribution in [2.24, 2.45) is 0 Å². The van der Waals surface area contributed by atoms with E-state index in [-0.39, 0.29) is 6.04 Å². The highest BCUT2D eigenvalue weighted by atomic mass is 79.9. The Labute approximate surface area is 132 Å². The van der Waals surface area contributed by atoms with Crippen molar-refractivity contribution < 1.29 is 19.1 Å². The predicted molar refractivity (Wildman–Crippen MR) is 82.3 cm³/mol. The summed E-state index contributed by atoms with van der Waals surface area (Å²) in [5.41, 5.74) is 0.986. The number of carbonyl (C=O) groups excluding carboxylic acids is 2. The molecule has 1 aromatic rings. The number of rotatable bonds is 5. The van der Waals surface area contributed by atoms with Crippen LogP contribution in [0.4, 0.5) is 4.79 Å². The summed E-state index contributed by atoms with van der Waals surface area (Å²) >= 11 is 3.42. The zero-order valence-corrected chi connectivity index (χ0v) is 14.0. The zero-order valence-electron chi connectivity index (χ0n) is 12.4. The molecule has 6 nitrogen and oxygen atoms in total. The van der Waals surface area contributed by atoms with Gasteiger partial charge in [-0.05, 0) is 47.5 Å². The second-order valence-corrected chi connectivity index (χ2v) is 5.34. The second-order valence-electron chi connectivity index (χ2n) is 4.48. The molecule has 0 radical (unpaired) electrons. The fourth-order valence-electron chi connectivity index (χ4n) is 1.76. The molecule has 0 saturated carbocycles. The number of nitrogens with one attached hydrogen (secondary N) is 2. The van der Waals surface area contributed by atoms with Gasteiger partial charge in [0.15, 0.2) is 0 Å². The van der Waals surface area contributed by atoms with E-state index < -0.39 is 18.0 Å². The molecule has 2 amide bonds. The number of imide groups is 1. The van der Waals surface area contributed by atoms with Crippen molar-refractivity contribution >= 4 is 27.9 Å². The van der Waals surface area contributed by atoms with E-state index >= 15 is 0 Å². The summed E-state index contributed by atoms with van der Waals surface area (Å²) < 4.78 is 10.4. The van der Waals surface area contributed by atoms with Crippen LogP contribution in [0.1, 0.15) is 25.5 Å². The van der Waals surface area contributed by atoms with Crippen molar-refractivity contribution in [2.45, 2.75) is 25.9 Å². The summed E-state index contributed by atoms with van der Waals surface area (Å²) in [6.45, 7) is 3.60. The third-order valence-electron chi connectivity index (χ3n) is 2.98. The summed E-state index contributed by atoms with van der Waals surface area (Å²) in [6.07, 6.45) is -0.770. The van der Waals surface area contributed by atoms with E-state index in [9.17, 15) is 9.59 Å². The van der Waals surface area contributed by atoms with Crippen LogP contribution < -0.4 is 15.4 Å². The Hall–Kier alpha value is -1.60. The lowest BCUT2D eigenvalue weighted by molar-refractivity contribution is -0.122. The van der Waals surface area contributed by atoms with Gasteiger partial charge in [-0.15, -0.1) is 0 Å². The highest BCUT2D eigenvalue weighted by Gasteiger charge is 2.19. The number of methoxy groups -OCH3 is 2. The molecule has 1 aromatic carbocycles. The normalized spacial score (nSPS) is 13.2. The topological polar surface area (TPSA) is 76.7 Å². The molecule has 0 bridgehead atoms. The standard InChI is InChI=1S/C14H19BrN2O4/c1-8(10-5-6-12(20-3)11(15)7-10)16-9(2)13(18)17-14(19)21-4/h5-9,16H,1-4H3,(H,17,18,19)/t8-,9-/m1/s1. The Kier molecular flexibility index (Phi) is 6.64. The fourth-order valence-corrected chi connectivity index (χ4v) is 2.32. The average Bonchev–Trinajstić information content (AvgIpc) is 2.46. The first-order valence-corrected chi connectivity index (χ1v) is 7.16. The van der Waals surface area contributed by atoms with Crippen LogP contribution in [-0.2, 0) is 9.53 Å². The summed E-state index contributed by atoms with van der Waals surface area (Å²) in [4.78, 5) is 22.7. The first kappa shape index (κ1) is 17.5. The Morgan fingerprint density at radius 3 is 2.43 bits per heavy atom. The Morgan fingerprint density at radius 2 is 1.90 bits per heavy atom. The van der Waals surface area contributed by atoms with Crippen LogP contribution in [-0.4, -0.2) is 32.3 Å². The van der Waals surface area contributed by atoms with Crippen LogP contribution in [0.25, 0.3) is 0 Å². The van der Waals surface area contributed by atoms with Gasteiger partial charge in [0.25, 0.3) is 0 Å². The molecule has 0 aromatic heterocycles. The molecule has 0 spiro atoms. The van der Waals surface area contributed by atoms with Crippen LogP contribution in [0.15, 0.2) is 22.7 Å². The van der Waals surface area contributed by atoms with Gasteiger partial charge in [0, 0.05) is 6.04 Å². The van der Waals surface area contributed by atoms with Crippen LogP contribution in [0.5, 0.6) is 5.75 Å². The molecule has 7 heteroatoms. The second kappa shape index (κ2) is 7.99. The molecule has 0 saturated heterocycles. The molecule has 2 N–H and O–H groups in total. The molecule has 0 aliphatic carbocycles. The number of amides is 2. The summed E-state index contributed by atoms with van der Waals surface area (Å²) in [7, 11) is 2.80. The Bertz CT molecular complexity index is 522. The first-order valence-electron chi connectivity index (χ1n) is 6.37. The monoisotopic (exact) mass is 358 g/mol. The lowest BCUT2D eigenvalue weighted by Crippen LogP contribution is -2.45. The Balaban J connectivity index is 2.67. The number of benzene rings is 1. The number of ether oxygens (including phenoxy) is 2. The number of hydrogen-bond acceptors (Lipinski definition) is 5. The van der Waals surface area contributed by atoms with Gasteiger partial charge in [-0.1, -0.05) is 6.07 Å². The maximum Gasteiger partial charge on any atom is 0.413 e. The van der Waals surface area contributed by atoms with Gasteiger partial charge in [0.1, 0.15) is 5.75 Å². The van der Waals surface area contributed by atoms with Crippen LogP contribution in [0, 0.1) is 0 Å². The molecule has 0 aliphatic rings. The Morgan fingerprint density at radius 1 is 1.24 bits per heavy atom. The number of hydrogen-bond donors (Lipinski definition) is 2. The maximum atomic E-state index is 11.7. The lowest BCUT2D eigenvalue weighted by Gasteiger charge is -2.20. The molecule has 0 fully saturated rings. The number of halogens is 1. The molecule has 1 rings (SSSR count). The van der Waals surface area contributed by atoms with Gasteiger partial charge in [0.2, 0.25) is 5.91 Å². The average molecular weight is 359 g/mol. The molecular weight excluding hydrogens is 340 g/mol. The van der Waals surface area contributed by atoms with E-state index in [1.807, 2.05) is 25.1 Å². The summed E-state index contributed by atoms with van der Waals surface area (Å²) in [5, 5.41) is 5.23. The van der Waals surface area contributed by atoms with E-state index in [2.05, 4.69) is 31.3 Å². The summed E-state index contributed by atoms with van der Waals surface area (Å²) in [5.74, 6) is 0.295. The minimum Gasteiger partial charge on any atom is -0.496 e. The van der Waals surface area contributed by atoms with Crippen molar-refractivity contribution in [1.29, 1.82) is 0 Å². The largest absolute Gasteiger partial charge is 0.496 e. The van der Waals surface area contributed by atoms with E-state index in [4.69, 9.17) is 4.74 Å². The van der Waals surface area contributed by atoms with E-state index in [1.165, 1.54) is 7.11 Å². The van der Waals surface area contributed by atoms with Gasteiger partial charge >= 0.3 is 6.09 Å². The van der Waals surface area contributed by atoms with Crippen LogP contribution in [0.2, 0.25) is 0 Å². The van der Waals surface area contributed by atoms with E-state index in [1.54, 1.807) is 14.0 Å². The minimum absolute atomic E-state index is 0.0781. The molecule has 116 valence electrons. The van der Waals surface area contributed by atoms with Gasteiger partial charge in [0.05, 0.1) is 24.7 Å². The maximum absolute atomic E-state index is 11.7. The highest BCUT2D eigenvalue weighted by molar-refractivity contribution is 9.10. The van der Waals surface area contributed by atoms with Gasteiger partial charge in [-0.3, -0.25) is 15.4 Å². The smallest absolute Gasteiger partial charge is 0.413 e. The first-order chi connectivity index (χ1) is 9.88. The van der Waals surface area contributed by atoms with Gasteiger partial charge in [-0.25, -0.2) is 4.79 Å². The van der Waals surface area contributed by atoms with Crippen molar-refractivity contribution in [2.75, 3.05) is 14.2 Å². The third kappa shape index (κ3) is 5.02. The molecule has 0 heterocycles. The third-order valence-corrected chi connectivity index (χ3v) is 3.60. The van der Waals surface area contributed by atoms with E-state index in [0.717, 1.165) is 15.8 Å². The van der Waals surface area contributed by atoms with Gasteiger partial charge in [-0.2, -0.15) is 0 Å². The lowest BCUT2D eigenvalue weighted by atomic mass is 10.1. The number of carbonyl (C=O) groups is 2. The van der Waals surface area contributed by atoms with Crippen molar-refractivity contribution in [1.82, 2.24) is 10.6 Å². The van der Waals surface area contributed by atoms with Gasteiger partial charge < -0.3 is 9.47 Å². The molecule has 2 atom stereocenters. The zero-order chi connectivity index (χ0) is 16.0. The summed E-state index contributed by atoms with van der Waals surface area (Å²) in [6, 6.07) is 5.05. The van der Waals surface area contributed by atoms with Crippen LogP contribution >= 0.6 is 15.9 Å². The van der Waals surface area contributed by atoms with Crippen LogP contribution in [0.3, 0.4) is 0 Å². The molecular formula is C14H19BrN2O4. The van der Waals surface area contributed by atoms with Crippen molar-refractivity contribution in [3.05, 3.63) is 28.2 Å². The molecule has 21 heavy (non-hydrogen) atoms. The SMILES string of the molecule is COC(=O)NC(=O)[C@@H](C)N[C@H](C)c1ccc(OC)c(Br)c1.